The molecule has 1 aliphatic heterocycles. The normalized spacial score (nSPS) is 14.3. The summed E-state index contributed by atoms with van der Waals surface area (Å²) in [5.41, 5.74) is 1.40. The van der Waals surface area contributed by atoms with Gasteiger partial charge in [0.1, 0.15) is 5.75 Å². The zero-order chi connectivity index (χ0) is 17.8. The van der Waals surface area contributed by atoms with Gasteiger partial charge < -0.3 is 19.5 Å². The first-order valence-corrected chi connectivity index (χ1v) is 7.93. The van der Waals surface area contributed by atoms with Gasteiger partial charge in [0.15, 0.2) is 17.6 Å². The molecule has 6 nitrogen and oxygen atoms in total. The van der Waals surface area contributed by atoms with E-state index in [9.17, 15) is 4.79 Å². The third-order valence-corrected chi connectivity index (χ3v) is 3.90. The zero-order valence-corrected chi connectivity index (χ0v) is 14.0. The molecular formula is C19H18N2O4. The molecule has 1 N–H and O–H groups in total. The molecular weight excluding hydrogens is 320 g/mol. The molecule has 1 heterocycles. The number of carbonyl (C=O) groups is 1. The van der Waals surface area contributed by atoms with Crippen molar-refractivity contribution < 1.29 is 19.0 Å². The fourth-order valence-electron chi connectivity index (χ4n) is 2.49. The summed E-state index contributed by atoms with van der Waals surface area (Å²) in [4.78, 5) is 12.4. The fourth-order valence-corrected chi connectivity index (χ4v) is 2.49. The van der Waals surface area contributed by atoms with Gasteiger partial charge in [0.05, 0.1) is 17.7 Å². The van der Waals surface area contributed by atoms with Gasteiger partial charge in [-0.25, -0.2) is 0 Å². The predicted octanol–water partition coefficient (Wildman–Crippen LogP) is 2.93. The van der Waals surface area contributed by atoms with E-state index in [1.165, 1.54) is 0 Å². The Hall–Kier alpha value is -3.20. The highest BCUT2D eigenvalue weighted by Gasteiger charge is 2.20. The monoisotopic (exact) mass is 338 g/mol. The summed E-state index contributed by atoms with van der Waals surface area (Å²) in [5, 5.41) is 11.8. The molecule has 2 unspecified atom stereocenters. The van der Waals surface area contributed by atoms with Crippen LogP contribution in [-0.2, 0) is 4.79 Å². The van der Waals surface area contributed by atoms with Gasteiger partial charge in [0.2, 0.25) is 6.79 Å². The Morgan fingerprint density at radius 2 is 2.00 bits per heavy atom. The molecule has 0 saturated heterocycles. The maximum atomic E-state index is 12.4. The standard InChI is InChI=1S/C19H18N2O4/c1-12(15-6-7-17-18(9-15)24-11-23-17)21-19(22)13(2)25-16-5-3-4-14(8-16)10-20/h3-9,12-13H,11H2,1-2H3,(H,21,22). The molecule has 6 heteroatoms. The molecule has 0 bridgehead atoms. The van der Waals surface area contributed by atoms with E-state index in [4.69, 9.17) is 19.5 Å². The van der Waals surface area contributed by atoms with Crippen LogP contribution in [0.1, 0.15) is 31.0 Å². The number of amides is 1. The summed E-state index contributed by atoms with van der Waals surface area (Å²) < 4.78 is 16.3. The first kappa shape index (κ1) is 16.7. The number of rotatable bonds is 5. The molecule has 2 atom stereocenters. The molecule has 128 valence electrons. The highest BCUT2D eigenvalue weighted by Crippen LogP contribution is 2.34. The zero-order valence-electron chi connectivity index (χ0n) is 14.0. The second-order valence-corrected chi connectivity index (χ2v) is 5.74. The first-order chi connectivity index (χ1) is 12.1. The van der Waals surface area contributed by atoms with Crippen molar-refractivity contribution in [1.29, 1.82) is 5.26 Å². The second-order valence-electron chi connectivity index (χ2n) is 5.74. The highest BCUT2D eigenvalue weighted by atomic mass is 16.7. The number of hydrogen-bond donors (Lipinski definition) is 1. The lowest BCUT2D eigenvalue weighted by molar-refractivity contribution is -0.127. The van der Waals surface area contributed by atoms with Crippen molar-refractivity contribution in [3.63, 3.8) is 0 Å². The van der Waals surface area contributed by atoms with Crippen LogP contribution in [0.2, 0.25) is 0 Å². The number of ether oxygens (including phenoxy) is 3. The van der Waals surface area contributed by atoms with Crippen molar-refractivity contribution in [1.82, 2.24) is 5.32 Å². The van der Waals surface area contributed by atoms with Crippen LogP contribution in [0, 0.1) is 11.3 Å². The van der Waals surface area contributed by atoms with E-state index < -0.39 is 6.10 Å². The minimum absolute atomic E-state index is 0.210. The van der Waals surface area contributed by atoms with Crippen LogP contribution in [-0.4, -0.2) is 18.8 Å². The Bertz CT molecular complexity index is 828. The summed E-state index contributed by atoms with van der Waals surface area (Å²) in [5.74, 6) is 1.62. The number of nitrogens with one attached hydrogen (secondary N) is 1. The predicted molar refractivity (Wildman–Crippen MR) is 90.4 cm³/mol. The third-order valence-electron chi connectivity index (χ3n) is 3.90. The van der Waals surface area contributed by atoms with Crippen LogP contribution in [0.25, 0.3) is 0 Å². The van der Waals surface area contributed by atoms with Gasteiger partial charge in [0, 0.05) is 0 Å². The van der Waals surface area contributed by atoms with Gasteiger partial charge in [-0.3, -0.25) is 4.79 Å². The van der Waals surface area contributed by atoms with Crippen molar-refractivity contribution in [2.24, 2.45) is 0 Å². The molecule has 0 saturated carbocycles. The van der Waals surface area contributed by atoms with Crippen molar-refractivity contribution in [3.8, 4) is 23.3 Å². The third kappa shape index (κ3) is 3.83. The molecule has 0 aliphatic carbocycles. The van der Waals surface area contributed by atoms with Crippen LogP contribution >= 0.6 is 0 Å². The Balaban J connectivity index is 1.61. The Morgan fingerprint density at radius 1 is 1.20 bits per heavy atom. The van der Waals surface area contributed by atoms with Crippen LogP contribution < -0.4 is 19.5 Å². The van der Waals surface area contributed by atoms with E-state index in [2.05, 4.69) is 5.32 Å². The van der Waals surface area contributed by atoms with E-state index in [0.29, 0.717) is 22.8 Å². The van der Waals surface area contributed by atoms with E-state index in [0.717, 1.165) is 5.56 Å². The van der Waals surface area contributed by atoms with Crippen LogP contribution in [0.5, 0.6) is 17.2 Å². The second kappa shape index (κ2) is 7.14. The maximum Gasteiger partial charge on any atom is 0.261 e. The van der Waals surface area contributed by atoms with Gasteiger partial charge in [-0.05, 0) is 49.7 Å². The lowest BCUT2D eigenvalue weighted by atomic mass is 10.1. The highest BCUT2D eigenvalue weighted by molar-refractivity contribution is 5.81. The summed E-state index contributed by atoms with van der Waals surface area (Å²) in [6.07, 6.45) is -0.689. The molecule has 2 aromatic rings. The van der Waals surface area contributed by atoms with Crippen molar-refractivity contribution in [2.75, 3.05) is 6.79 Å². The minimum Gasteiger partial charge on any atom is -0.481 e. The molecule has 1 aliphatic rings. The number of benzene rings is 2. The molecule has 3 rings (SSSR count). The Labute approximate surface area is 145 Å². The van der Waals surface area contributed by atoms with Crippen LogP contribution in [0.15, 0.2) is 42.5 Å². The molecule has 2 aromatic carbocycles. The molecule has 25 heavy (non-hydrogen) atoms. The quantitative estimate of drug-likeness (QED) is 0.906. The van der Waals surface area contributed by atoms with E-state index in [-0.39, 0.29) is 18.7 Å². The summed E-state index contributed by atoms with van der Waals surface area (Å²) in [7, 11) is 0. The van der Waals surface area contributed by atoms with Crippen molar-refractivity contribution in [2.45, 2.75) is 26.0 Å². The number of hydrogen-bond acceptors (Lipinski definition) is 5. The minimum atomic E-state index is -0.689. The Kier molecular flexibility index (Phi) is 4.75. The maximum absolute atomic E-state index is 12.4. The smallest absolute Gasteiger partial charge is 0.261 e. The molecule has 0 radical (unpaired) electrons. The van der Waals surface area contributed by atoms with Gasteiger partial charge >= 0.3 is 0 Å². The first-order valence-electron chi connectivity index (χ1n) is 7.93. The lowest BCUT2D eigenvalue weighted by Gasteiger charge is -2.19. The van der Waals surface area contributed by atoms with Crippen LogP contribution in [0.4, 0.5) is 0 Å². The van der Waals surface area contributed by atoms with Gasteiger partial charge in [-0.2, -0.15) is 5.26 Å². The van der Waals surface area contributed by atoms with E-state index in [1.54, 1.807) is 31.2 Å². The average Bonchev–Trinajstić information content (AvgIpc) is 3.09. The topological polar surface area (TPSA) is 80.6 Å². The molecule has 1 amide bonds. The van der Waals surface area contributed by atoms with E-state index in [1.807, 2.05) is 31.2 Å². The van der Waals surface area contributed by atoms with Crippen LogP contribution in [0.3, 0.4) is 0 Å². The summed E-state index contributed by atoms with van der Waals surface area (Å²) in [6, 6.07) is 14.1. The number of nitriles is 1. The van der Waals surface area contributed by atoms with Crippen molar-refractivity contribution in [3.05, 3.63) is 53.6 Å². The van der Waals surface area contributed by atoms with Gasteiger partial charge in [-0.15, -0.1) is 0 Å². The van der Waals surface area contributed by atoms with Gasteiger partial charge in [-0.1, -0.05) is 12.1 Å². The fraction of sp³-hybridized carbons (Fsp3) is 0.263. The number of carbonyl (C=O) groups excluding carboxylic acids is 1. The lowest BCUT2D eigenvalue weighted by Crippen LogP contribution is -2.37. The van der Waals surface area contributed by atoms with E-state index >= 15 is 0 Å². The molecule has 0 fully saturated rings. The average molecular weight is 338 g/mol. The van der Waals surface area contributed by atoms with Gasteiger partial charge in [0.25, 0.3) is 5.91 Å². The molecule has 0 aromatic heterocycles. The molecule has 0 spiro atoms. The van der Waals surface area contributed by atoms with Crippen molar-refractivity contribution >= 4 is 5.91 Å². The number of nitrogens with zero attached hydrogens (tertiary/aromatic N) is 1. The summed E-state index contributed by atoms with van der Waals surface area (Å²) in [6.45, 7) is 3.77. The number of fused-ring (bicyclic) bond motifs is 1. The summed E-state index contributed by atoms with van der Waals surface area (Å²) >= 11 is 0. The SMILES string of the molecule is CC(Oc1cccc(C#N)c1)C(=O)NC(C)c1ccc2c(c1)OCO2. The largest absolute Gasteiger partial charge is 0.481 e. The Morgan fingerprint density at radius 3 is 2.80 bits per heavy atom.